The van der Waals surface area contributed by atoms with Crippen molar-refractivity contribution in [3.63, 3.8) is 0 Å². The molecule has 2 heterocycles. The molecule has 1 saturated heterocycles. The highest BCUT2D eigenvalue weighted by Gasteiger charge is 2.22. The standard InChI is InChI=1S/C14H23N3/c1-3-13-6-4-5-9-17(13)14-10-12(11(2)15)7-8-16-14/h7-8,10-11,13H,3-6,9,15H2,1-2H3/t11-,13?/m1/s1. The van der Waals surface area contributed by atoms with Crippen LogP contribution >= 0.6 is 0 Å². The predicted molar refractivity (Wildman–Crippen MR) is 72.1 cm³/mol. The lowest BCUT2D eigenvalue weighted by Gasteiger charge is -2.36. The van der Waals surface area contributed by atoms with Crippen LogP contribution in [-0.2, 0) is 0 Å². The lowest BCUT2D eigenvalue weighted by molar-refractivity contribution is 0.446. The molecular weight excluding hydrogens is 210 g/mol. The largest absolute Gasteiger partial charge is 0.354 e. The Balaban J connectivity index is 2.22. The first kappa shape index (κ1) is 12.4. The Hall–Kier alpha value is -1.09. The zero-order valence-corrected chi connectivity index (χ0v) is 10.9. The van der Waals surface area contributed by atoms with Crippen LogP contribution in [0.25, 0.3) is 0 Å². The van der Waals surface area contributed by atoms with Crippen LogP contribution in [0, 0.1) is 0 Å². The van der Waals surface area contributed by atoms with Crippen LogP contribution in [0.4, 0.5) is 5.82 Å². The van der Waals surface area contributed by atoms with Gasteiger partial charge in [-0.05, 0) is 50.3 Å². The molecule has 0 bridgehead atoms. The third-order valence-corrected chi connectivity index (χ3v) is 3.69. The number of aromatic nitrogens is 1. The summed E-state index contributed by atoms with van der Waals surface area (Å²) in [5.74, 6) is 1.10. The Morgan fingerprint density at radius 3 is 3.06 bits per heavy atom. The van der Waals surface area contributed by atoms with Gasteiger partial charge in [0.15, 0.2) is 0 Å². The Labute approximate surface area is 104 Å². The minimum atomic E-state index is 0.0848. The van der Waals surface area contributed by atoms with Crippen LogP contribution in [0.3, 0.4) is 0 Å². The van der Waals surface area contributed by atoms with Crippen molar-refractivity contribution in [3.05, 3.63) is 23.9 Å². The number of piperidine rings is 1. The molecule has 2 atom stereocenters. The molecule has 1 aromatic rings. The van der Waals surface area contributed by atoms with Gasteiger partial charge in [-0.15, -0.1) is 0 Å². The van der Waals surface area contributed by atoms with E-state index in [9.17, 15) is 0 Å². The summed E-state index contributed by atoms with van der Waals surface area (Å²) in [7, 11) is 0. The van der Waals surface area contributed by atoms with Gasteiger partial charge in [0.25, 0.3) is 0 Å². The molecule has 3 heteroatoms. The number of rotatable bonds is 3. The molecule has 94 valence electrons. The van der Waals surface area contributed by atoms with Crippen molar-refractivity contribution in [1.82, 2.24) is 4.98 Å². The molecule has 0 radical (unpaired) electrons. The molecule has 2 rings (SSSR count). The minimum Gasteiger partial charge on any atom is -0.354 e. The van der Waals surface area contributed by atoms with E-state index >= 15 is 0 Å². The van der Waals surface area contributed by atoms with Crippen LogP contribution < -0.4 is 10.6 Å². The summed E-state index contributed by atoms with van der Waals surface area (Å²) in [6.07, 6.45) is 7.00. The van der Waals surface area contributed by atoms with Gasteiger partial charge in [-0.2, -0.15) is 0 Å². The van der Waals surface area contributed by atoms with E-state index < -0.39 is 0 Å². The zero-order chi connectivity index (χ0) is 12.3. The summed E-state index contributed by atoms with van der Waals surface area (Å²) in [6.45, 7) is 5.42. The third-order valence-electron chi connectivity index (χ3n) is 3.69. The quantitative estimate of drug-likeness (QED) is 0.873. The molecule has 1 aliphatic heterocycles. The smallest absolute Gasteiger partial charge is 0.129 e. The maximum absolute atomic E-state index is 5.93. The van der Waals surface area contributed by atoms with E-state index in [2.05, 4.69) is 22.9 Å². The number of nitrogens with zero attached hydrogens (tertiary/aromatic N) is 2. The first-order valence-electron chi connectivity index (χ1n) is 6.70. The van der Waals surface area contributed by atoms with E-state index in [1.165, 1.54) is 31.2 Å². The minimum absolute atomic E-state index is 0.0848. The Morgan fingerprint density at radius 2 is 2.35 bits per heavy atom. The van der Waals surface area contributed by atoms with Crippen molar-refractivity contribution >= 4 is 5.82 Å². The zero-order valence-electron chi connectivity index (χ0n) is 10.9. The number of anilines is 1. The van der Waals surface area contributed by atoms with Gasteiger partial charge in [0.2, 0.25) is 0 Å². The molecule has 3 nitrogen and oxygen atoms in total. The van der Waals surface area contributed by atoms with E-state index in [-0.39, 0.29) is 6.04 Å². The van der Waals surface area contributed by atoms with Gasteiger partial charge in [-0.3, -0.25) is 0 Å². The van der Waals surface area contributed by atoms with Crippen molar-refractivity contribution in [2.75, 3.05) is 11.4 Å². The summed E-state index contributed by atoms with van der Waals surface area (Å²) >= 11 is 0. The van der Waals surface area contributed by atoms with Crippen molar-refractivity contribution in [3.8, 4) is 0 Å². The van der Waals surface area contributed by atoms with Crippen molar-refractivity contribution in [1.29, 1.82) is 0 Å². The van der Waals surface area contributed by atoms with Crippen molar-refractivity contribution < 1.29 is 0 Å². The van der Waals surface area contributed by atoms with Crippen LogP contribution in [0.1, 0.15) is 51.1 Å². The molecule has 0 aromatic carbocycles. The maximum atomic E-state index is 5.93. The second-order valence-corrected chi connectivity index (χ2v) is 4.99. The highest BCUT2D eigenvalue weighted by atomic mass is 15.2. The molecule has 0 saturated carbocycles. The summed E-state index contributed by atoms with van der Waals surface area (Å²) < 4.78 is 0. The van der Waals surface area contributed by atoms with Gasteiger partial charge in [-0.1, -0.05) is 6.92 Å². The van der Waals surface area contributed by atoms with E-state index in [1.54, 1.807) is 0 Å². The molecule has 1 aromatic heterocycles. The Morgan fingerprint density at radius 1 is 1.53 bits per heavy atom. The first-order valence-corrected chi connectivity index (χ1v) is 6.70. The highest BCUT2D eigenvalue weighted by molar-refractivity contribution is 5.43. The summed E-state index contributed by atoms with van der Waals surface area (Å²) in [6, 6.07) is 4.90. The van der Waals surface area contributed by atoms with E-state index in [0.717, 1.165) is 12.4 Å². The van der Waals surface area contributed by atoms with Crippen LogP contribution in [0.5, 0.6) is 0 Å². The molecule has 1 unspecified atom stereocenters. The van der Waals surface area contributed by atoms with Crippen molar-refractivity contribution in [2.45, 2.75) is 51.6 Å². The highest BCUT2D eigenvalue weighted by Crippen LogP contribution is 2.26. The average molecular weight is 233 g/mol. The summed E-state index contributed by atoms with van der Waals surface area (Å²) in [5, 5.41) is 0. The summed E-state index contributed by atoms with van der Waals surface area (Å²) in [5.41, 5.74) is 7.11. The van der Waals surface area contributed by atoms with Gasteiger partial charge in [-0.25, -0.2) is 4.98 Å². The molecule has 2 N–H and O–H groups in total. The number of nitrogens with two attached hydrogens (primary N) is 1. The number of hydrogen-bond donors (Lipinski definition) is 1. The van der Waals surface area contributed by atoms with Gasteiger partial charge >= 0.3 is 0 Å². The monoisotopic (exact) mass is 233 g/mol. The van der Waals surface area contributed by atoms with Gasteiger partial charge in [0.05, 0.1) is 0 Å². The fourth-order valence-corrected chi connectivity index (χ4v) is 2.60. The van der Waals surface area contributed by atoms with Crippen LogP contribution in [-0.4, -0.2) is 17.6 Å². The molecule has 1 fully saturated rings. The lowest BCUT2D eigenvalue weighted by atomic mass is 9.99. The molecule has 0 spiro atoms. The summed E-state index contributed by atoms with van der Waals surface area (Å²) in [4.78, 5) is 6.97. The predicted octanol–water partition coefficient (Wildman–Crippen LogP) is 2.87. The fourth-order valence-electron chi connectivity index (χ4n) is 2.60. The fraction of sp³-hybridized carbons (Fsp3) is 0.643. The topological polar surface area (TPSA) is 42.1 Å². The third kappa shape index (κ3) is 2.78. The SMILES string of the molecule is CCC1CCCCN1c1cc([C@@H](C)N)ccn1. The molecule has 0 aliphatic carbocycles. The second kappa shape index (κ2) is 5.50. The maximum Gasteiger partial charge on any atom is 0.129 e. The number of hydrogen-bond acceptors (Lipinski definition) is 3. The normalized spacial score (nSPS) is 22.5. The first-order chi connectivity index (χ1) is 8.22. The second-order valence-electron chi connectivity index (χ2n) is 4.99. The molecule has 1 aliphatic rings. The molecular formula is C14H23N3. The van der Waals surface area contributed by atoms with Crippen LogP contribution in [0.15, 0.2) is 18.3 Å². The van der Waals surface area contributed by atoms with E-state index in [1.807, 2.05) is 19.2 Å². The van der Waals surface area contributed by atoms with Crippen molar-refractivity contribution in [2.24, 2.45) is 5.73 Å². The van der Waals surface area contributed by atoms with E-state index in [4.69, 9.17) is 5.73 Å². The molecule has 0 amide bonds. The molecule has 17 heavy (non-hydrogen) atoms. The Kier molecular flexibility index (Phi) is 4.00. The van der Waals surface area contributed by atoms with Crippen LogP contribution in [0.2, 0.25) is 0 Å². The van der Waals surface area contributed by atoms with Gasteiger partial charge in [0, 0.05) is 24.8 Å². The lowest BCUT2D eigenvalue weighted by Crippen LogP contribution is -2.39. The van der Waals surface area contributed by atoms with Gasteiger partial charge in [0.1, 0.15) is 5.82 Å². The van der Waals surface area contributed by atoms with E-state index in [0.29, 0.717) is 6.04 Å². The average Bonchev–Trinajstić information content (AvgIpc) is 2.39. The Bertz CT molecular complexity index is 362. The van der Waals surface area contributed by atoms with Gasteiger partial charge < -0.3 is 10.6 Å². The number of pyridine rings is 1.